The zero-order valence-electron chi connectivity index (χ0n) is 9.53. The zero-order valence-corrected chi connectivity index (χ0v) is 9.53. The summed E-state index contributed by atoms with van der Waals surface area (Å²) in [6, 6.07) is 8.69. The summed E-state index contributed by atoms with van der Waals surface area (Å²) in [6.07, 6.45) is -4.80. The van der Waals surface area contributed by atoms with Crippen LogP contribution in [0.4, 0.5) is 13.2 Å². The Kier molecular flexibility index (Phi) is 3.28. The van der Waals surface area contributed by atoms with E-state index >= 15 is 0 Å². The molecule has 4 nitrogen and oxygen atoms in total. The minimum Gasteiger partial charge on any atom is -0.492 e. The predicted molar refractivity (Wildman–Crippen MR) is 60.8 cm³/mol. The Morgan fingerprint density at radius 2 is 1.84 bits per heavy atom. The van der Waals surface area contributed by atoms with E-state index in [-0.39, 0.29) is 12.1 Å². The van der Waals surface area contributed by atoms with Crippen molar-refractivity contribution in [1.82, 2.24) is 9.97 Å². The molecule has 0 aliphatic rings. The van der Waals surface area contributed by atoms with Crippen molar-refractivity contribution < 1.29 is 18.3 Å². The summed E-state index contributed by atoms with van der Waals surface area (Å²) >= 11 is 0. The Morgan fingerprint density at radius 3 is 2.42 bits per heavy atom. The summed E-state index contributed by atoms with van der Waals surface area (Å²) in [5.41, 5.74) is -2.34. The molecule has 0 amide bonds. The first-order valence-electron chi connectivity index (χ1n) is 5.31. The summed E-state index contributed by atoms with van der Waals surface area (Å²) in [7, 11) is 0. The van der Waals surface area contributed by atoms with Gasteiger partial charge in [0.25, 0.3) is 5.56 Å². The first-order chi connectivity index (χ1) is 8.88. The molecule has 0 radical (unpaired) electrons. The Labute approximate surface area is 105 Å². The largest absolute Gasteiger partial charge is 0.492 e. The average Bonchev–Trinajstić information content (AvgIpc) is 2.33. The number of alkyl halides is 3. The van der Waals surface area contributed by atoms with Gasteiger partial charge in [-0.25, -0.2) is 4.98 Å². The van der Waals surface area contributed by atoms with Crippen LogP contribution in [0.5, 0.6) is 5.88 Å². The van der Waals surface area contributed by atoms with E-state index in [1.165, 1.54) is 0 Å². The van der Waals surface area contributed by atoms with Crippen LogP contribution in [0.3, 0.4) is 0 Å². The van der Waals surface area contributed by atoms with Crippen LogP contribution in [-0.2, 0) is 12.6 Å². The number of nitrogens with zero attached hydrogens (tertiary/aromatic N) is 1. The standard InChI is InChI=1S/C12H9F3N2O2/c13-12(14,15)9-11(19)16-8(10(18)17-9)6-7-4-2-1-3-5-7/h1-5H,6H2,(H,16,19)(H,17,18). The van der Waals surface area contributed by atoms with Crippen molar-refractivity contribution in [2.24, 2.45) is 0 Å². The maximum atomic E-state index is 12.4. The van der Waals surface area contributed by atoms with Crippen LogP contribution in [0.2, 0.25) is 0 Å². The van der Waals surface area contributed by atoms with Crippen LogP contribution in [0, 0.1) is 0 Å². The van der Waals surface area contributed by atoms with Crippen LogP contribution in [-0.4, -0.2) is 15.1 Å². The third-order valence-corrected chi connectivity index (χ3v) is 2.46. The van der Waals surface area contributed by atoms with E-state index < -0.39 is 23.3 Å². The van der Waals surface area contributed by atoms with E-state index in [1.807, 2.05) is 4.98 Å². The molecular formula is C12H9F3N2O2. The van der Waals surface area contributed by atoms with Crippen molar-refractivity contribution in [3.8, 4) is 5.88 Å². The summed E-state index contributed by atoms with van der Waals surface area (Å²) in [5.74, 6) is -0.823. The second-order valence-electron chi connectivity index (χ2n) is 3.88. The molecule has 0 bridgehead atoms. The van der Waals surface area contributed by atoms with Gasteiger partial charge < -0.3 is 10.1 Å². The maximum Gasteiger partial charge on any atom is 0.439 e. The number of nitrogens with one attached hydrogen (secondary N) is 1. The molecule has 0 spiro atoms. The molecule has 2 N–H and O–H groups in total. The number of hydrogen-bond donors (Lipinski definition) is 2. The molecule has 0 saturated heterocycles. The Morgan fingerprint density at radius 1 is 1.21 bits per heavy atom. The van der Waals surface area contributed by atoms with Crippen molar-refractivity contribution in [3.05, 3.63) is 57.6 Å². The summed E-state index contributed by atoms with van der Waals surface area (Å²) in [5, 5.41) is 9.46. The third kappa shape index (κ3) is 2.93. The highest BCUT2D eigenvalue weighted by Crippen LogP contribution is 2.26. The fourth-order valence-corrected chi connectivity index (χ4v) is 1.59. The molecule has 0 fully saturated rings. The molecule has 19 heavy (non-hydrogen) atoms. The van der Waals surface area contributed by atoms with Gasteiger partial charge in [-0.15, -0.1) is 0 Å². The lowest BCUT2D eigenvalue weighted by Gasteiger charge is -2.08. The molecule has 0 unspecified atom stereocenters. The molecule has 1 heterocycles. The van der Waals surface area contributed by atoms with Gasteiger partial charge in [0.2, 0.25) is 11.6 Å². The maximum absolute atomic E-state index is 12.4. The van der Waals surface area contributed by atoms with Crippen molar-refractivity contribution in [2.75, 3.05) is 0 Å². The number of rotatable bonds is 2. The number of aromatic hydroxyl groups is 1. The molecular weight excluding hydrogens is 261 g/mol. The lowest BCUT2D eigenvalue weighted by Crippen LogP contribution is -2.25. The van der Waals surface area contributed by atoms with Crippen LogP contribution in [0.15, 0.2) is 35.1 Å². The highest BCUT2D eigenvalue weighted by Gasteiger charge is 2.37. The average molecular weight is 270 g/mol. The fraction of sp³-hybridized carbons (Fsp3) is 0.167. The molecule has 7 heteroatoms. The van der Waals surface area contributed by atoms with Gasteiger partial charge in [0, 0.05) is 6.42 Å². The Balaban J connectivity index is 2.39. The van der Waals surface area contributed by atoms with Crippen LogP contribution in [0.25, 0.3) is 0 Å². The molecule has 0 aliphatic heterocycles. The number of hydrogen-bond acceptors (Lipinski definition) is 3. The predicted octanol–water partition coefficient (Wildman–Crippen LogP) is 2.09. The number of aromatic nitrogens is 2. The fourth-order valence-electron chi connectivity index (χ4n) is 1.59. The second-order valence-corrected chi connectivity index (χ2v) is 3.88. The minimum absolute atomic E-state index is 0.0517. The minimum atomic E-state index is -4.89. The van der Waals surface area contributed by atoms with Gasteiger partial charge in [-0.05, 0) is 5.56 Å². The number of halogens is 3. The van der Waals surface area contributed by atoms with E-state index in [0.717, 1.165) is 5.56 Å². The molecule has 0 atom stereocenters. The molecule has 0 saturated carbocycles. The summed E-state index contributed by atoms with van der Waals surface area (Å²) in [4.78, 5) is 16.2. The van der Waals surface area contributed by atoms with Gasteiger partial charge in [0.05, 0.1) is 5.69 Å². The van der Waals surface area contributed by atoms with Crippen molar-refractivity contribution >= 4 is 0 Å². The van der Waals surface area contributed by atoms with Crippen molar-refractivity contribution in [2.45, 2.75) is 12.6 Å². The van der Waals surface area contributed by atoms with Gasteiger partial charge in [0.1, 0.15) is 0 Å². The number of benzene rings is 1. The zero-order chi connectivity index (χ0) is 14.0. The van der Waals surface area contributed by atoms with E-state index in [4.69, 9.17) is 0 Å². The summed E-state index contributed by atoms with van der Waals surface area (Å²) < 4.78 is 37.2. The van der Waals surface area contributed by atoms with Crippen LogP contribution in [0.1, 0.15) is 17.0 Å². The quantitative estimate of drug-likeness (QED) is 0.878. The third-order valence-electron chi connectivity index (χ3n) is 2.46. The summed E-state index contributed by atoms with van der Waals surface area (Å²) in [6.45, 7) is 0. The van der Waals surface area contributed by atoms with Crippen LogP contribution >= 0.6 is 0 Å². The normalized spacial score (nSPS) is 11.5. The molecule has 1 aromatic heterocycles. The van der Waals surface area contributed by atoms with Crippen molar-refractivity contribution in [3.63, 3.8) is 0 Å². The van der Waals surface area contributed by atoms with E-state index in [0.29, 0.717) is 0 Å². The molecule has 2 rings (SSSR count). The monoisotopic (exact) mass is 270 g/mol. The van der Waals surface area contributed by atoms with Gasteiger partial charge in [-0.3, -0.25) is 4.79 Å². The molecule has 0 aliphatic carbocycles. The number of aromatic amines is 1. The van der Waals surface area contributed by atoms with Gasteiger partial charge in [-0.1, -0.05) is 30.3 Å². The number of H-pyrrole nitrogens is 1. The van der Waals surface area contributed by atoms with E-state index in [1.54, 1.807) is 30.3 Å². The first kappa shape index (κ1) is 13.1. The smallest absolute Gasteiger partial charge is 0.439 e. The molecule has 1 aromatic carbocycles. The second kappa shape index (κ2) is 4.75. The van der Waals surface area contributed by atoms with Gasteiger partial charge in [0.15, 0.2) is 0 Å². The topological polar surface area (TPSA) is 66.0 Å². The Hall–Kier alpha value is -2.31. The van der Waals surface area contributed by atoms with Crippen LogP contribution < -0.4 is 5.56 Å². The SMILES string of the molecule is O=c1[nH]c(Cc2ccccc2)c(O)nc1C(F)(F)F. The van der Waals surface area contributed by atoms with E-state index in [2.05, 4.69) is 4.98 Å². The van der Waals surface area contributed by atoms with E-state index in [9.17, 15) is 23.1 Å². The van der Waals surface area contributed by atoms with Gasteiger partial charge >= 0.3 is 6.18 Å². The molecule has 2 aromatic rings. The molecule has 100 valence electrons. The lowest BCUT2D eigenvalue weighted by atomic mass is 10.1. The van der Waals surface area contributed by atoms with Gasteiger partial charge in [-0.2, -0.15) is 13.2 Å². The Bertz CT molecular complexity index is 636. The highest BCUT2D eigenvalue weighted by atomic mass is 19.4. The lowest BCUT2D eigenvalue weighted by molar-refractivity contribution is -0.142. The first-order valence-corrected chi connectivity index (χ1v) is 5.31. The van der Waals surface area contributed by atoms with Crippen molar-refractivity contribution in [1.29, 1.82) is 0 Å². The highest BCUT2D eigenvalue weighted by molar-refractivity contribution is 5.27.